The van der Waals surface area contributed by atoms with Gasteiger partial charge in [0.1, 0.15) is 11.1 Å². The molecule has 0 aliphatic carbocycles. The first-order valence-corrected chi connectivity index (χ1v) is 8.83. The van der Waals surface area contributed by atoms with Crippen LogP contribution >= 0.6 is 23.1 Å². The van der Waals surface area contributed by atoms with E-state index in [0.29, 0.717) is 11.7 Å². The van der Waals surface area contributed by atoms with Crippen LogP contribution in [0.1, 0.15) is 24.0 Å². The van der Waals surface area contributed by atoms with Crippen molar-refractivity contribution in [2.75, 3.05) is 43.1 Å². The normalized spacial score (nSPS) is 23.9. The highest BCUT2D eigenvalue weighted by Gasteiger charge is 2.22. The Bertz CT molecular complexity index is 456. The van der Waals surface area contributed by atoms with E-state index in [0.717, 1.165) is 49.1 Å². The molecule has 1 aromatic rings. The number of amides is 1. The maximum Gasteiger partial charge on any atom is 0.240 e. The van der Waals surface area contributed by atoms with Crippen LogP contribution in [-0.4, -0.2) is 58.8 Å². The molecule has 0 saturated carbocycles. The molecule has 20 heavy (non-hydrogen) atoms. The Kier molecular flexibility index (Phi) is 4.87. The van der Waals surface area contributed by atoms with Crippen LogP contribution in [-0.2, 0) is 9.53 Å². The van der Waals surface area contributed by atoms with Crippen LogP contribution in [0.5, 0.6) is 0 Å². The van der Waals surface area contributed by atoms with Gasteiger partial charge in [-0.3, -0.25) is 15.0 Å². The van der Waals surface area contributed by atoms with E-state index in [4.69, 9.17) is 4.74 Å². The second-order valence-corrected chi connectivity index (χ2v) is 7.12. The zero-order valence-corrected chi connectivity index (χ0v) is 12.8. The van der Waals surface area contributed by atoms with E-state index in [1.165, 1.54) is 11.3 Å². The molecule has 0 unspecified atom stereocenters. The summed E-state index contributed by atoms with van der Waals surface area (Å²) in [4.78, 5) is 14.1. The number of carbonyl (C=O) groups excluding carboxylic acids is 1. The average molecular weight is 314 g/mol. The fourth-order valence-corrected chi connectivity index (χ4v) is 4.13. The Hall–Kier alpha value is -0.700. The third-order valence-corrected chi connectivity index (χ3v) is 5.24. The quantitative estimate of drug-likeness (QED) is 0.905. The average Bonchev–Trinajstić information content (AvgIpc) is 3.10. The fraction of sp³-hybridized carbons (Fsp3) is 0.750. The molecule has 2 saturated heterocycles. The van der Waals surface area contributed by atoms with Gasteiger partial charge in [-0.2, -0.15) is 11.8 Å². The molecule has 2 fully saturated rings. The molecular weight excluding hydrogens is 296 g/mol. The number of carbonyl (C=O) groups is 1. The van der Waals surface area contributed by atoms with Gasteiger partial charge in [0.25, 0.3) is 0 Å². The molecule has 1 N–H and O–H groups in total. The second-order valence-electron chi connectivity index (χ2n) is 4.88. The predicted octanol–water partition coefficient (Wildman–Crippen LogP) is 1.38. The largest absolute Gasteiger partial charge is 0.371 e. The molecule has 1 aromatic heterocycles. The number of nitrogens with zero attached hydrogens (tertiary/aromatic N) is 3. The zero-order chi connectivity index (χ0) is 13.8. The molecule has 2 aliphatic heterocycles. The third-order valence-electron chi connectivity index (χ3n) is 3.36. The minimum atomic E-state index is -0.00746. The third kappa shape index (κ3) is 3.69. The standard InChI is InChI=1S/C12H18N4O2S2/c17-10(8-16-3-6-19-7-4-16)13-12-15-14-11(20-12)9-2-1-5-18-9/h9H,1-8H2,(H,13,15,17)/t9-/m1/s1. The van der Waals surface area contributed by atoms with E-state index in [2.05, 4.69) is 20.4 Å². The molecule has 0 spiro atoms. The lowest BCUT2D eigenvalue weighted by molar-refractivity contribution is -0.117. The summed E-state index contributed by atoms with van der Waals surface area (Å²) in [7, 11) is 0. The van der Waals surface area contributed by atoms with Crippen molar-refractivity contribution in [2.24, 2.45) is 0 Å². The van der Waals surface area contributed by atoms with E-state index < -0.39 is 0 Å². The van der Waals surface area contributed by atoms with Gasteiger partial charge >= 0.3 is 0 Å². The molecule has 8 heteroatoms. The van der Waals surface area contributed by atoms with Gasteiger partial charge in [0.05, 0.1) is 6.54 Å². The SMILES string of the molecule is O=C(CN1CCSCC1)Nc1nnc([C@H]2CCCO2)s1. The Balaban J connectivity index is 1.50. The predicted molar refractivity (Wildman–Crippen MR) is 80.2 cm³/mol. The lowest BCUT2D eigenvalue weighted by Gasteiger charge is -2.24. The van der Waals surface area contributed by atoms with Crippen molar-refractivity contribution >= 4 is 34.1 Å². The van der Waals surface area contributed by atoms with Crippen LogP contribution in [0.2, 0.25) is 0 Å². The van der Waals surface area contributed by atoms with Crippen LogP contribution in [0.15, 0.2) is 0 Å². The van der Waals surface area contributed by atoms with Gasteiger partial charge in [0.2, 0.25) is 11.0 Å². The Morgan fingerprint density at radius 1 is 1.40 bits per heavy atom. The number of aromatic nitrogens is 2. The number of nitrogens with one attached hydrogen (secondary N) is 1. The smallest absolute Gasteiger partial charge is 0.240 e. The number of ether oxygens (including phenoxy) is 1. The summed E-state index contributed by atoms with van der Waals surface area (Å²) in [6.07, 6.45) is 2.13. The highest BCUT2D eigenvalue weighted by Crippen LogP contribution is 2.31. The van der Waals surface area contributed by atoms with Crippen molar-refractivity contribution < 1.29 is 9.53 Å². The van der Waals surface area contributed by atoms with Gasteiger partial charge in [0.15, 0.2) is 0 Å². The van der Waals surface area contributed by atoms with E-state index in [1.807, 2.05) is 11.8 Å². The Morgan fingerprint density at radius 2 is 2.25 bits per heavy atom. The second kappa shape index (κ2) is 6.84. The van der Waals surface area contributed by atoms with Gasteiger partial charge < -0.3 is 4.74 Å². The molecule has 1 amide bonds. The molecular formula is C12H18N4O2S2. The van der Waals surface area contributed by atoms with E-state index in [9.17, 15) is 4.79 Å². The molecule has 3 heterocycles. The van der Waals surface area contributed by atoms with Crippen LogP contribution in [0.3, 0.4) is 0 Å². The van der Waals surface area contributed by atoms with Crippen LogP contribution in [0, 0.1) is 0 Å². The Labute approximate surface area is 126 Å². The molecule has 0 bridgehead atoms. The lowest BCUT2D eigenvalue weighted by Crippen LogP contribution is -2.38. The minimum Gasteiger partial charge on any atom is -0.371 e. The van der Waals surface area contributed by atoms with E-state index >= 15 is 0 Å². The first-order valence-electron chi connectivity index (χ1n) is 6.86. The molecule has 110 valence electrons. The van der Waals surface area contributed by atoms with Crippen LogP contribution < -0.4 is 5.32 Å². The number of hydrogen-bond donors (Lipinski definition) is 1. The van der Waals surface area contributed by atoms with Crippen molar-refractivity contribution in [3.05, 3.63) is 5.01 Å². The van der Waals surface area contributed by atoms with Crippen LogP contribution in [0.25, 0.3) is 0 Å². The fourth-order valence-electron chi connectivity index (χ4n) is 2.31. The van der Waals surface area contributed by atoms with Gasteiger partial charge in [0, 0.05) is 31.2 Å². The van der Waals surface area contributed by atoms with Crippen LogP contribution in [0.4, 0.5) is 5.13 Å². The Morgan fingerprint density at radius 3 is 3.00 bits per heavy atom. The van der Waals surface area contributed by atoms with Gasteiger partial charge in [-0.25, -0.2) is 0 Å². The minimum absolute atomic E-state index is 0.00746. The first-order chi connectivity index (χ1) is 9.81. The summed E-state index contributed by atoms with van der Waals surface area (Å²) >= 11 is 3.36. The lowest BCUT2D eigenvalue weighted by atomic mass is 10.2. The van der Waals surface area contributed by atoms with Crippen molar-refractivity contribution in [1.29, 1.82) is 0 Å². The van der Waals surface area contributed by atoms with Gasteiger partial charge in [-0.1, -0.05) is 11.3 Å². The number of anilines is 1. The molecule has 1 atom stereocenters. The summed E-state index contributed by atoms with van der Waals surface area (Å²) in [5.41, 5.74) is 0. The van der Waals surface area contributed by atoms with Crippen molar-refractivity contribution in [3.8, 4) is 0 Å². The van der Waals surface area contributed by atoms with E-state index in [-0.39, 0.29) is 12.0 Å². The first kappa shape index (κ1) is 14.2. The summed E-state index contributed by atoms with van der Waals surface area (Å²) in [6.45, 7) is 3.19. The highest BCUT2D eigenvalue weighted by atomic mass is 32.2. The number of hydrogen-bond acceptors (Lipinski definition) is 7. The maximum absolute atomic E-state index is 12.0. The number of thioether (sulfide) groups is 1. The summed E-state index contributed by atoms with van der Waals surface area (Å²) < 4.78 is 5.56. The van der Waals surface area contributed by atoms with Crippen molar-refractivity contribution in [1.82, 2.24) is 15.1 Å². The van der Waals surface area contributed by atoms with Gasteiger partial charge in [-0.15, -0.1) is 10.2 Å². The molecule has 0 radical (unpaired) electrons. The van der Waals surface area contributed by atoms with Crippen molar-refractivity contribution in [2.45, 2.75) is 18.9 Å². The van der Waals surface area contributed by atoms with E-state index in [1.54, 1.807) is 0 Å². The summed E-state index contributed by atoms with van der Waals surface area (Å²) in [5, 5.41) is 12.4. The topological polar surface area (TPSA) is 67.4 Å². The molecule has 6 nitrogen and oxygen atoms in total. The molecule has 3 rings (SSSR count). The maximum atomic E-state index is 12.0. The van der Waals surface area contributed by atoms with Crippen molar-refractivity contribution in [3.63, 3.8) is 0 Å². The van der Waals surface area contributed by atoms with Gasteiger partial charge in [-0.05, 0) is 12.8 Å². The zero-order valence-electron chi connectivity index (χ0n) is 11.2. The molecule has 0 aromatic carbocycles. The molecule has 2 aliphatic rings. The summed E-state index contributed by atoms with van der Waals surface area (Å²) in [5.74, 6) is 2.21. The number of rotatable bonds is 4. The summed E-state index contributed by atoms with van der Waals surface area (Å²) in [6, 6.07) is 0. The monoisotopic (exact) mass is 314 g/mol. The highest BCUT2D eigenvalue weighted by molar-refractivity contribution is 7.99.